The Morgan fingerprint density at radius 3 is 2.64 bits per heavy atom. The lowest BCUT2D eigenvalue weighted by molar-refractivity contribution is -0.134. The lowest BCUT2D eigenvalue weighted by Gasteiger charge is -2.02. The van der Waals surface area contributed by atoms with E-state index in [1.165, 1.54) is 6.07 Å². The van der Waals surface area contributed by atoms with Crippen molar-refractivity contribution in [2.75, 3.05) is 6.54 Å². The predicted octanol–water partition coefficient (Wildman–Crippen LogP) is 1.22. The van der Waals surface area contributed by atoms with Crippen molar-refractivity contribution >= 4 is 5.97 Å². The molecule has 76 valence electrons. The van der Waals surface area contributed by atoms with E-state index < -0.39 is 17.6 Å². The van der Waals surface area contributed by atoms with Crippen molar-refractivity contribution < 1.29 is 18.3 Å². The summed E-state index contributed by atoms with van der Waals surface area (Å²) in [6.07, 6.45) is 0.0407. The van der Waals surface area contributed by atoms with Gasteiger partial charge in [0.05, 0.1) is 6.42 Å². The molecule has 1 aromatic carbocycles. The molecule has 1 rings (SSSR count). The van der Waals surface area contributed by atoms with Crippen molar-refractivity contribution in [2.24, 2.45) is 5.73 Å². The van der Waals surface area contributed by atoms with Crippen LogP contribution >= 0.6 is 0 Å². The highest BCUT2D eigenvalue weighted by molar-refractivity contribution is 5.72. The van der Waals surface area contributed by atoms with Gasteiger partial charge in [-0.25, -0.2) is 8.78 Å². The minimum atomic E-state index is -1.05. The van der Waals surface area contributed by atoms with Crippen LogP contribution in [-0.2, 0) is 4.79 Å². The highest BCUT2D eigenvalue weighted by Gasteiger charge is 2.06. The first-order chi connectivity index (χ1) is 6.63. The van der Waals surface area contributed by atoms with E-state index in [0.717, 1.165) is 12.1 Å². The number of halogens is 2. The van der Waals surface area contributed by atoms with Gasteiger partial charge in [0.25, 0.3) is 0 Å². The first-order valence-corrected chi connectivity index (χ1v) is 3.99. The summed E-state index contributed by atoms with van der Waals surface area (Å²) >= 11 is 0. The monoisotopic (exact) mass is 201 g/mol. The molecule has 5 heteroatoms. The Hall–Kier alpha value is -1.49. The van der Waals surface area contributed by atoms with Crippen LogP contribution in [0.25, 0.3) is 0 Å². The van der Waals surface area contributed by atoms with Crippen molar-refractivity contribution in [3.8, 4) is 5.75 Å². The smallest absolute Gasteiger partial charge is 0.312 e. The van der Waals surface area contributed by atoms with Gasteiger partial charge in [-0.1, -0.05) is 0 Å². The maximum atomic E-state index is 12.6. The van der Waals surface area contributed by atoms with E-state index in [1.807, 2.05) is 0 Å². The molecule has 0 radical (unpaired) electrons. The van der Waals surface area contributed by atoms with Crippen molar-refractivity contribution in [1.29, 1.82) is 0 Å². The molecule has 0 unspecified atom stereocenters. The summed E-state index contributed by atoms with van der Waals surface area (Å²) < 4.78 is 29.7. The van der Waals surface area contributed by atoms with Crippen LogP contribution in [-0.4, -0.2) is 12.5 Å². The molecule has 0 aliphatic rings. The Balaban J connectivity index is 2.68. The van der Waals surface area contributed by atoms with Crippen LogP contribution < -0.4 is 10.5 Å². The number of carbonyl (C=O) groups excluding carboxylic acids is 1. The maximum absolute atomic E-state index is 12.6. The van der Waals surface area contributed by atoms with Gasteiger partial charge in [0.1, 0.15) is 5.75 Å². The van der Waals surface area contributed by atoms with Gasteiger partial charge in [-0.05, 0) is 12.1 Å². The zero-order chi connectivity index (χ0) is 10.6. The number of carbonyl (C=O) groups is 1. The minimum absolute atomic E-state index is 0.0256. The molecule has 0 fully saturated rings. The molecule has 0 aliphatic carbocycles. The zero-order valence-corrected chi connectivity index (χ0v) is 7.30. The summed E-state index contributed by atoms with van der Waals surface area (Å²) in [7, 11) is 0. The highest BCUT2D eigenvalue weighted by Crippen LogP contribution is 2.15. The van der Waals surface area contributed by atoms with E-state index in [4.69, 9.17) is 5.73 Å². The van der Waals surface area contributed by atoms with Crippen molar-refractivity contribution in [2.45, 2.75) is 6.42 Å². The van der Waals surface area contributed by atoms with E-state index in [1.54, 1.807) is 0 Å². The third kappa shape index (κ3) is 2.77. The standard InChI is InChI=1S/C9H9F2NO2/c10-7-2-1-6(5-8(7)11)14-9(13)3-4-12/h1-2,5H,3-4,12H2. The average molecular weight is 201 g/mol. The quantitative estimate of drug-likeness (QED) is 0.590. The van der Waals surface area contributed by atoms with Crippen LogP contribution in [0, 0.1) is 11.6 Å². The van der Waals surface area contributed by atoms with E-state index >= 15 is 0 Å². The Labute approximate surface area is 79.5 Å². The fourth-order valence-corrected chi connectivity index (χ4v) is 0.841. The summed E-state index contributed by atoms with van der Waals surface area (Å²) in [5.74, 6) is -2.63. The fourth-order valence-electron chi connectivity index (χ4n) is 0.841. The minimum Gasteiger partial charge on any atom is -0.426 e. The van der Waals surface area contributed by atoms with Crippen LogP contribution in [0.1, 0.15) is 6.42 Å². The molecule has 0 bridgehead atoms. The van der Waals surface area contributed by atoms with Gasteiger partial charge in [-0.2, -0.15) is 0 Å². The maximum Gasteiger partial charge on any atom is 0.312 e. The topological polar surface area (TPSA) is 52.3 Å². The third-order valence-corrected chi connectivity index (χ3v) is 1.47. The van der Waals surface area contributed by atoms with Crippen molar-refractivity contribution in [3.05, 3.63) is 29.8 Å². The molecule has 2 N–H and O–H groups in total. The summed E-state index contributed by atoms with van der Waals surface area (Å²) in [5, 5.41) is 0. The molecule has 0 atom stereocenters. The van der Waals surface area contributed by atoms with Gasteiger partial charge in [0.2, 0.25) is 0 Å². The van der Waals surface area contributed by atoms with Crippen molar-refractivity contribution in [1.82, 2.24) is 0 Å². The average Bonchev–Trinajstić information content (AvgIpc) is 2.12. The van der Waals surface area contributed by atoms with Gasteiger partial charge in [0, 0.05) is 12.6 Å². The first-order valence-electron chi connectivity index (χ1n) is 3.99. The van der Waals surface area contributed by atoms with E-state index in [9.17, 15) is 13.6 Å². The molecule has 0 amide bonds. The Morgan fingerprint density at radius 1 is 1.36 bits per heavy atom. The fraction of sp³-hybridized carbons (Fsp3) is 0.222. The number of rotatable bonds is 3. The molecule has 0 aromatic heterocycles. The molecule has 1 aromatic rings. The van der Waals surface area contributed by atoms with E-state index in [-0.39, 0.29) is 18.7 Å². The Bertz CT molecular complexity index is 342. The first kappa shape index (κ1) is 10.6. The molecule has 0 saturated heterocycles. The molecular formula is C9H9F2NO2. The molecule has 0 aliphatic heterocycles. The number of hydrogen-bond donors (Lipinski definition) is 1. The highest BCUT2D eigenvalue weighted by atomic mass is 19.2. The second-order valence-electron chi connectivity index (χ2n) is 2.59. The van der Waals surface area contributed by atoms with Gasteiger partial charge < -0.3 is 10.5 Å². The normalized spacial score (nSPS) is 9.93. The van der Waals surface area contributed by atoms with Crippen LogP contribution in [0.15, 0.2) is 18.2 Å². The molecule has 0 saturated carbocycles. The molecule has 0 spiro atoms. The Kier molecular flexibility index (Phi) is 3.53. The van der Waals surface area contributed by atoms with Gasteiger partial charge >= 0.3 is 5.97 Å². The summed E-state index contributed by atoms with van der Waals surface area (Å²) in [4.78, 5) is 10.9. The van der Waals surface area contributed by atoms with Gasteiger partial charge in [-0.3, -0.25) is 4.79 Å². The largest absolute Gasteiger partial charge is 0.426 e. The lowest BCUT2D eigenvalue weighted by Crippen LogP contribution is -2.13. The molecule has 14 heavy (non-hydrogen) atoms. The molecule has 3 nitrogen and oxygen atoms in total. The number of esters is 1. The summed E-state index contributed by atoms with van der Waals surface area (Å²) in [6, 6.07) is 2.87. The lowest BCUT2D eigenvalue weighted by atomic mass is 10.3. The second kappa shape index (κ2) is 4.66. The summed E-state index contributed by atoms with van der Waals surface area (Å²) in [5.41, 5.74) is 5.10. The number of hydrogen-bond acceptors (Lipinski definition) is 3. The van der Waals surface area contributed by atoms with Crippen LogP contribution in [0.4, 0.5) is 8.78 Å². The number of benzene rings is 1. The predicted molar refractivity (Wildman–Crippen MR) is 45.7 cm³/mol. The van der Waals surface area contributed by atoms with E-state index in [0.29, 0.717) is 0 Å². The molecule has 0 heterocycles. The van der Waals surface area contributed by atoms with E-state index in [2.05, 4.69) is 4.74 Å². The number of ether oxygens (including phenoxy) is 1. The second-order valence-corrected chi connectivity index (χ2v) is 2.59. The molecular weight excluding hydrogens is 192 g/mol. The van der Waals surface area contributed by atoms with Crippen molar-refractivity contribution in [3.63, 3.8) is 0 Å². The number of nitrogens with two attached hydrogens (primary N) is 1. The SMILES string of the molecule is NCCC(=O)Oc1ccc(F)c(F)c1. The zero-order valence-electron chi connectivity index (χ0n) is 7.30. The Morgan fingerprint density at radius 2 is 2.07 bits per heavy atom. The van der Waals surface area contributed by atoms with Crippen LogP contribution in [0.5, 0.6) is 5.75 Å². The third-order valence-electron chi connectivity index (χ3n) is 1.47. The van der Waals surface area contributed by atoms with Gasteiger partial charge in [-0.15, -0.1) is 0 Å². The van der Waals surface area contributed by atoms with Crippen LogP contribution in [0.3, 0.4) is 0 Å². The van der Waals surface area contributed by atoms with Crippen LogP contribution in [0.2, 0.25) is 0 Å². The summed E-state index contributed by atoms with van der Waals surface area (Å²) in [6.45, 7) is 0.155. The van der Waals surface area contributed by atoms with Gasteiger partial charge in [0.15, 0.2) is 11.6 Å².